The molecule has 0 bridgehead atoms. The first kappa shape index (κ1) is 12.5. The fourth-order valence-corrected chi connectivity index (χ4v) is 1.20. The molecule has 0 aromatic carbocycles. The molecule has 0 fully saturated rings. The van der Waals surface area contributed by atoms with Gasteiger partial charge in [0, 0.05) is 13.2 Å². The van der Waals surface area contributed by atoms with E-state index in [2.05, 4.69) is 17.2 Å². The van der Waals surface area contributed by atoms with Gasteiger partial charge in [0.15, 0.2) is 0 Å². The van der Waals surface area contributed by atoms with Crippen LogP contribution in [-0.2, 0) is 4.74 Å². The minimum atomic E-state index is 0.428. The molecule has 0 radical (unpaired) electrons. The molecule has 1 aromatic heterocycles. The summed E-state index contributed by atoms with van der Waals surface area (Å²) < 4.78 is 5.40. The van der Waals surface area contributed by atoms with Gasteiger partial charge in [0.2, 0.25) is 0 Å². The van der Waals surface area contributed by atoms with Gasteiger partial charge < -0.3 is 10.1 Å². The number of ether oxygens (including phenoxy) is 1. The largest absolute Gasteiger partial charge is 0.380 e. The lowest BCUT2D eigenvalue weighted by molar-refractivity contribution is 0.141. The zero-order valence-electron chi connectivity index (χ0n) is 9.57. The molecular weight excluding hydrogens is 202 g/mol. The summed E-state index contributed by atoms with van der Waals surface area (Å²) in [6.45, 7) is 4.33. The summed E-state index contributed by atoms with van der Waals surface area (Å²) in [5.41, 5.74) is 0.428. The molecule has 4 nitrogen and oxygen atoms in total. The molecule has 16 heavy (non-hydrogen) atoms. The van der Waals surface area contributed by atoms with Crippen molar-refractivity contribution in [1.82, 2.24) is 4.98 Å². The second-order valence-electron chi connectivity index (χ2n) is 3.41. The molecule has 1 aromatic rings. The Balaban J connectivity index is 2.19. The number of aromatic nitrogens is 1. The second kappa shape index (κ2) is 7.66. The normalized spacial score (nSPS) is 9.75. The Kier molecular flexibility index (Phi) is 5.97. The highest BCUT2D eigenvalue weighted by Crippen LogP contribution is 2.03. The average molecular weight is 219 g/mol. The first-order valence-corrected chi connectivity index (χ1v) is 5.55. The van der Waals surface area contributed by atoms with E-state index in [1.165, 1.54) is 0 Å². The first-order chi connectivity index (χ1) is 7.86. The van der Waals surface area contributed by atoms with Crippen LogP contribution in [0, 0.1) is 11.3 Å². The highest BCUT2D eigenvalue weighted by atomic mass is 16.5. The number of pyridine rings is 1. The van der Waals surface area contributed by atoms with Crippen LogP contribution in [0.1, 0.15) is 25.5 Å². The van der Waals surface area contributed by atoms with Crippen molar-refractivity contribution >= 4 is 5.82 Å². The molecule has 0 spiro atoms. The Morgan fingerprint density at radius 3 is 3.06 bits per heavy atom. The Labute approximate surface area is 96.3 Å². The van der Waals surface area contributed by atoms with Crippen LogP contribution < -0.4 is 5.32 Å². The third kappa shape index (κ3) is 4.76. The zero-order chi connectivity index (χ0) is 11.6. The quantitative estimate of drug-likeness (QED) is 0.714. The van der Waals surface area contributed by atoms with E-state index in [9.17, 15) is 0 Å². The van der Waals surface area contributed by atoms with E-state index >= 15 is 0 Å². The van der Waals surface area contributed by atoms with Gasteiger partial charge in [-0.15, -0.1) is 0 Å². The smallest absolute Gasteiger partial charge is 0.142 e. The van der Waals surface area contributed by atoms with Crippen LogP contribution in [-0.4, -0.2) is 24.7 Å². The maximum atomic E-state index is 8.67. The van der Waals surface area contributed by atoms with E-state index in [1.807, 2.05) is 18.2 Å². The zero-order valence-corrected chi connectivity index (χ0v) is 9.57. The predicted octanol–water partition coefficient (Wildman–Crippen LogP) is 2.18. The number of unbranched alkanes of at least 4 members (excludes halogenated alkanes) is 1. The molecule has 1 heterocycles. The van der Waals surface area contributed by atoms with Gasteiger partial charge in [-0.2, -0.15) is 5.26 Å². The molecule has 1 rings (SSSR count). The van der Waals surface area contributed by atoms with Crippen molar-refractivity contribution < 1.29 is 4.74 Å². The van der Waals surface area contributed by atoms with Crippen LogP contribution in [0.25, 0.3) is 0 Å². The molecule has 0 aliphatic carbocycles. The van der Waals surface area contributed by atoms with Crippen LogP contribution >= 0.6 is 0 Å². The van der Waals surface area contributed by atoms with Crippen molar-refractivity contribution in [3.63, 3.8) is 0 Å². The van der Waals surface area contributed by atoms with Crippen molar-refractivity contribution in [3.8, 4) is 6.07 Å². The van der Waals surface area contributed by atoms with E-state index in [4.69, 9.17) is 10.00 Å². The maximum absolute atomic E-state index is 8.67. The number of rotatable bonds is 7. The molecule has 1 N–H and O–H groups in total. The number of nitrogens with one attached hydrogen (secondary N) is 1. The minimum Gasteiger partial charge on any atom is -0.380 e. The lowest BCUT2D eigenvalue weighted by Gasteiger charge is -2.06. The van der Waals surface area contributed by atoms with Gasteiger partial charge in [-0.25, -0.2) is 4.98 Å². The van der Waals surface area contributed by atoms with Gasteiger partial charge in [0.05, 0.1) is 6.61 Å². The van der Waals surface area contributed by atoms with Crippen LogP contribution in [0.2, 0.25) is 0 Å². The van der Waals surface area contributed by atoms with Crippen molar-refractivity contribution in [1.29, 1.82) is 5.26 Å². The van der Waals surface area contributed by atoms with E-state index in [0.717, 1.165) is 25.3 Å². The summed E-state index contributed by atoms with van der Waals surface area (Å²) >= 11 is 0. The summed E-state index contributed by atoms with van der Waals surface area (Å²) in [6.07, 6.45) is 2.25. The molecule has 0 amide bonds. The van der Waals surface area contributed by atoms with E-state index in [-0.39, 0.29) is 0 Å². The Bertz CT molecular complexity index is 346. The topological polar surface area (TPSA) is 57.9 Å². The van der Waals surface area contributed by atoms with Crippen LogP contribution in [0.15, 0.2) is 18.2 Å². The highest BCUT2D eigenvalue weighted by Gasteiger charge is 1.95. The second-order valence-corrected chi connectivity index (χ2v) is 3.41. The van der Waals surface area contributed by atoms with E-state index < -0.39 is 0 Å². The lowest BCUT2D eigenvalue weighted by atomic mass is 10.3. The molecule has 0 atom stereocenters. The van der Waals surface area contributed by atoms with Gasteiger partial charge >= 0.3 is 0 Å². The summed E-state index contributed by atoms with van der Waals surface area (Å²) in [5, 5.41) is 11.8. The lowest BCUT2D eigenvalue weighted by Crippen LogP contribution is -2.11. The first-order valence-electron chi connectivity index (χ1n) is 5.55. The Morgan fingerprint density at radius 1 is 1.44 bits per heavy atom. The summed E-state index contributed by atoms with van der Waals surface area (Å²) in [7, 11) is 0. The summed E-state index contributed by atoms with van der Waals surface area (Å²) in [5.74, 6) is 0.721. The monoisotopic (exact) mass is 219 g/mol. The standard InChI is InChI=1S/C12H17N3O/c1-2-3-8-16-9-7-14-12-6-4-5-11(10-13)15-12/h4-6H,2-3,7-9H2,1H3,(H,14,15). The SMILES string of the molecule is CCCCOCCNc1cccc(C#N)n1. The molecule has 86 valence electrons. The molecule has 0 aliphatic rings. The molecule has 4 heteroatoms. The third-order valence-corrected chi connectivity index (χ3v) is 2.06. The van der Waals surface area contributed by atoms with E-state index in [1.54, 1.807) is 6.07 Å². The van der Waals surface area contributed by atoms with Crippen LogP contribution in [0.3, 0.4) is 0 Å². The number of hydrogen-bond acceptors (Lipinski definition) is 4. The van der Waals surface area contributed by atoms with Crippen LogP contribution in [0.5, 0.6) is 0 Å². The average Bonchev–Trinajstić information content (AvgIpc) is 2.34. The maximum Gasteiger partial charge on any atom is 0.142 e. The van der Waals surface area contributed by atoms with Gasteiger partial charge in [-0.3, -0.25) is 0 Å². The Hall–Kier alpha value is -1.60. The predicted molar refractivity (Wildman–Crippen MR) is 63.2 cm³/mol. The third-order valence-electron chi connectivity index (χ3n) is 2.06. The highest BCUT2D eigenvalue weighted by molar-refractivity contribution is 5.38. The summed E-state index contributed by atoms with van der Waals surface area (Å²) in [4.78, 5) is 4.10. The molecular formula is C12H17N3O. The van der Waals surface area contributed by atoms with Gasteiger partial charge in [-0.05, 0) is 18.6 Å². The van der Waals surface area contributed by atoms with Crippen molar-refractivity contribution in [2.45, 2.75) is 19.8 Å². The van der Waals surface area contributed by atoms with Crippen molar-refractivity contribution in [3.05, 3.63) is 23.9 Å². The number of hydrogen-bond donors (Lipinski definition) is 1. The van der Waals surface area contributed by atoms with E-state index in [0.29, 0.717) is 18.8 Å². The molecule has 0 saturated carbocycles. The number of anilines is 1. The minimum absolute atomic E-state index is 0.428. The fourth-order valence-electron chi connectivity index (χ4n) is 1.20. The van der Waals surface area contributed by atoms with Gasteiger partial charge in [-0.1, -0.05) is 19.4 Å². The number of nitriles is 1. The van der Waals surface area contributed by atoms with Crippen molar-refractivity contribution in [2.24, 2.45) is 0 Å². The summed E-state index contributed by atoms with van der Waals surface area (Å²) in [6, 6.07) is 7.34. The molecule has 0 aliphatic heterocycles. The fraction of sp³-hybridized carbons (Fsp3) is 0.500. The molecule has 0 unspecified atom stereocenters. The van der Waals surface area contributed by atoms with Crippen molar-refractivity contribution in [2.75, 3.05) is 25.1 Å². The Morgan fingerprint density at radius 2 is 2.31 bits per heavy atom. The molecule has 0 saturated heterocycles. The van der Waals surface area contributed by atoms with Crippen LogP contribution in [0.4, 0.5) is 5.82 Å². The van der Waals surface area contributed by atoms with Gasteiger partial charge in [0.25, 0.3) is 0 Å². The number of nitrogens with zero attached hydrogens (tertiary/aromatic N) is 2. The van der Waals surface area contributed by atoms with Gasteiger partial charge in [0.1, 0.15) is 17.6 Å².